The summed E-state index contributed by atoms with van der Waals surface area (Å²) in [6.45, 7) is 6.88. The lowest BCUT2D eigenvalue weighted by atomic mass is 10.7. The fourth-order valence-corrected chi connectivity index (χ4v) is 0.179. The molecule has 0 aliphatic carbocycles. The van der Waals surface area contributed by atoms with E-state index < -0.39 is 6.29 Å². The van der Waals surface area contributed by atoms with E-state index >= 15 is 0 Å². The van der Waals surface area contributed by atoms with Crippen molar-refractivity contribution < 1.29 is 9.84 Å². The average molecular weight is 101 g/mol. The number of rotatable bonds is 3. The van der Waals surface area contributed by atoms with Crippen molar-refractivity contribution in [2.75, 3.05) is 6.61 Å². The fourth-order valence-electron chi connectivity index (χ4n) is 0.179. The van der Waals surface area contributed by atoms with Crippen molar-refractivity contribution in [3.05, 3.63) is 19.6 Å². The molecular formula is C5H9O2. The van der Waals surface area contributed by atoms with Crippen molar-refractivity contribution >= 4 is 0 Å². The summed E-state index contributed by atoms with van der Waals surface area (Å²) >= 11 is 0. The summed E-state index contributed by atoms with van der Waals surface area (Å²) in [5.74, 6) is 0. The maximum atomic E-state index is 8.30. The van der Waals surface area contributed by atoms with Gasteiger partial charge in [0.1, 0.15) is 0 Å². The average Bonchev–Trinajstić information content (AvgIpc) is 1.61. The summed E-state index contributed by atoms with van der Waals surface area (Å²) in [6.07, 6.45) is 0.631. The SMILES string of the molecule is [CH2]C(O)OCC=C. The molecule has 0 aliphatic heterocycles. The Morgan fingerprint density at radius 1 is 1.86 bits per heavy atom. The van der Waals surface area contributed by atoms with Crippen LogP contribution in [0, 0.1) is 6.92 Å². The van der Waals surface area contributed by atoms with E-state index in [9.17, 15) is 0 Å². The van der Waals surface area contributed by atoms with Gasteiger partial charge in [0.25, 0.3) is 0 Å². The molecule has 1 unspecified atom stereocenters. The topological polar surface area (TPSA) is 29.5 Å². The molecule has 0 rings (SSSR count). The van der Waals surface area contributed by atoms with Crippen LogP contribution in [0.4, 0.5) is 0 Å². The Morgan fingerprint density at radius 3 is 2.57 bits per heavy atom. The molecule has 0 aliphatic rings. The third-order valence-electron chi connectivity index (χ3n) is 0.406. The molecule has 1 N–H and O–H groups in total. The van der Waals surface area contributed by atoms with Gasteiger partial charge >= 0.3 is 0 Å². The Balaban J connectivity index is 2.81. The van der Waals surface area contributed by atoms with Crippen LogP contribution >= 0.6 is 0 Å². The van der Waals surface area contributed by atoms with E-state index in [1.54, 1.807) is 6.08 Å². The van der Waals surface area contributed by atoms with Crippen LogP contribution in [0.1, 0.15) is 0 Å². The summed E-state index contributed by atoms with van der Waals surface area (Å²) < 4.78 is 4.52. The molecule has 2 heteroatoms. The smallest absolute Gasteiger partial charge is 0.155 e. The van der Waals surface area contributed by atoms with Crippen LogP contribution in [0.25, 0.3) is 0 Å². The highest BCUT2D eigenvalue weighted by molar-refractivity contribution is 4.64. The van der Waals surface area contributed by atoms with Crippen LogP contribution in [-0.4, -0.2) is 18.0 Å². The number of aliphatic hydroxyl groups is 1. The molecule has 1 radical (unpaired) electrons. The largest absolute Gasteiger partial charge is 0.368 e. The van der Waals surface area contributed by atoms with Crippen molar-refractivity contribution in [1.29, 1.82) is 0 Å². The van der Waals surface area contributed by atoms with Crippen LogP contribution in [0.3, 0.4) is 0 Å². The first-order valence-electron chi connectivity index (χ1n) is 2.01. The molecule has 0 saturated heterocycles. The molecular weight excluding hydrogens is 92.1 g/mol. The third kappa shape index (κ3) is 5.66. The molecule has 41 valence electrons. The minimum absolute atomic E-state index is 0.352. The number of hydrogen-bond donors (Lipinski definition) is 1. The molecule has 0 heterocycles. The van der Waals surface area contributed by atoms with E-state index in [4.69, 9.17) is 5.11 Å². The van der Waals surface area contributed by atoms with Crippen molar-refractivity contribution in [1.82, 2.24) is 0 Å². The van der Waals surface area contributed by atoms with Gasteiger partial charge in [-0.25, -0.2) is 0 Å². The molecule has 0 aromatic rings. The minimum atomic E-state index is -0.919. The Morgan fingerprint density at radius 2 is 2.43 bits per heavy atom. The quantitative estimate of drug-likeness (QED) is 0.410. The van der Waals surface area contributed by atoms with Gasteiger partial charge in [-0.3, -0.25) is 0 Å². The van der Waals surface area contributed by atoms with E-state index in [-0.39, 0.29) is 0 Å². The van der Waals surface area contributed by atoms with Gasteiger partial charge in [0, 0.05) is 6.92 Å². The van der Waals surface area contributed by atoms with Crippen LogP contribution in [0.5, 0.6) is 0 Å². The van der Waals surface area contributed by atoms with E-state index in [2.05, 4.69) is 18.2 Å². The highest BCUT2D eigenvalue weighted by Gasteiger charge is 1.87. The van der Waals surface area contributed by atoms with E-state index in [1.165, 1.54) is 0 Å². The van der Waals surface area contributed by atoms with Gasteiger partial charge < -0.3 is 9.84 Å². The normalized spacial score (nSPS) is 13.4. The Kier molecular flexibility index (Phi) is 3.65. The standard InChI is InChI=1S/C5H9O2/c1-3-4-7-5(2)6/h3,5-6H,1-2,4H2. The first kappa shape index (κ1) is 6.66. The molecule has 0 aromatic carbocycles. The summed E-state index contributed by atoms with van der Waals surface area (Å²) in [4.78, 5) is 0. The second kappa shape index (κ2) is 3.84. The first-order chi connectivity index (χ1) is 3.27. The number of hydrogen-bond acceptors (Lipinski definition) is 2. The lowest BCUT2D eigenvalue weighted by Gasteiger charge is -2.00. The molecule has 0 spiro atoms. The molecule has 0 saturated carbocycles. The molecule has 0 bridgehead atoms. The van der Waals surface area contributed by atoms with Crippen LogP contribution in [0.2, 0.25) is 0 Å². The van der Waals surface area contributed by atoms with Gasteiger partial charge in [-0.1, -0.05) is 6.08 Å². The van der Waals surface area contributed by atoms with Crippen LogP contribution in [-0.2, 0) is 4.74 Å². The second-order valence-corrected chi connectivity index (χ2v) is 1.08. The number of ether oxygens (including phenoxy) is 1. The van der Waals surface area contributed by atoms with Gasteiger partial charge in [0.2, 0.25) is 0 Å². The van der Waals surface area contributed by atoms with Crippen LogP contribution in [0.15, 0.2) is 12.7 Å². The van der Waals surface area contributed by atoms with Gasteiger partial charge in [0.15, 0.2) is 6.29 Å². The van der Waals surface area contributed by atoms with Gasteiger partial charge in [0.05, 0.1) is 6.61 Å². The summed E-state index contributed by atoms with van der Waals surface area (Å²) in [5.41, 5.74) is 0. The monoisotopic (exact) mass is 101 g/mol. The Hall–Kier alpha value is -0.340. The van der Waals surface area contributed by atoms with Crippen molar-refractivity contribution in [2.24, 2.45) is 0 Å². The van der Waals surface area contributed by atoms with Crippen LogP contribution < -0.4 is 0 Å². The zero-order chi connectivity index (χ0) is 5.70. The molecule has 7 heavy (non-hydrogen) atoms. The Labute approximate surface area is 43.4 Å². The Bertz CT molecular complexity index is 50.0. The molecule has 2 nitrogen and oxygen atoms in total. The fraction of sp³-hybridized carbons (Fsp3) is 0.400. The summed E-state index contributed by atoms with van der Waals surface area (Å²) in [6, 6.07) is 0. The van der Waals surface area contributed by atoms with Crippen molar-refractivity contribution in [2.45, 2.75) is 6.29 Å². The third-order valence-corrected chi connectivity index (χ3v) is 0.406. The van der Waals surface area contributed by atoms with Gasteiger partial charge in [-0.05, 0) is 0 Å². The lowest BCUT2D eigenvalue weighted by Crippen LogP contribution is -2.05. The molecule has 0 fully saturated rings. The zero-order valence-electron chi connectivity index (χ0n) is 4.13. The van der Waals surface area contributed by atoms with Crippen molar-refractivity contribution in [3.63, 3.8) is 0 Å². The summed E-state index contributed by atoms with van der Waals surface area (Å²) in [7, 11) is 0. The zero-order valence-corrected chi connectivity index (χ0v) is 4.13. The van der Waals surface area contributed by atoms with Gasteiger partial charge in [-0.15, -0.1) is 6.58 Å². The van der Waals surface area contributed by atoms with E-state index in [1.807, 2.05) is 0 Å². The predicted octanol–water partition coefficient (Wildman–Crippen LogP) is 0.341. The summed E-state index contributed by atoms with van der Waals surface area (Å²) in [5, 5.41) is 8.30. The van der Waals surface area contributed by atoms with E-state index in [0.29, 0.717) is 6.61 Å². The molecule has 1 atom stereocenters. The highest BCUT2D eigenvalue weighted by Crippen LogP contribution is 1.80. The predicted molar refractivity (Wildman–Crippen MR) is 27.5 cm³/mol. The minimum Gasteiger partial charge on any atom is -0.368 e. The molecule has 0 aromatic heterocycles. The van der Waals surface area contributed by atoms with E-state index in [0.717, 1.165) is 0 Å². The lowest BCUT2D eigenvalue weighted by molar-refractivity contribution is -0.0544. The maximum Gasteiger partial charge on any atom is 0.155 e. The second-order valence-electron chi connectivity index (χ2n) is 1.08. The highest BCUT2D eigenvalue weighted by atomic mass is 16.6. The van der Waals surface area contributed by atoms with Gasteiger partial charge in [-0.2, -0.15) is 0 Å². The maximum absolute atomic E-state index is 8.30. The first-order valence-corrected chi connectivity index (χ1v) is 2.01. The number of aliphatic hydroxyl groups excluding tert-OH is 1. The van der Waals surface area contributed by atoms with Crippen molar-refractivity contribution in [3.8, 4) is 0 Å². The molecule has 0 amide bonds.